The molecule has 6 rings (SSSR count). The molecule has 0 spiro atoms. The number of fused-ring (bicyclic) bond motifs is 1. The van der Waals surface area contributed by atoms with Gasteiger partial charge < -0.3 is 15.0 Å². The minimum Gasteiger partial charge on any atom is -0.478 e. The van der Waals surface area contributed by atoms with E-state index in [2.05, 4.69) is 19.6 Å². The molecule has 0 unspecified atom stereocenters. The van der Waals surface area contributed by atoms with Gasteiger partial charge in [0, 0.05) is 29.1 Å². The lowest BCUT2D eigenvalue weighted by molar-refractivity contribution is 0.0696. The Morgan fingerprint density at radius 3 is 2.26 bits per heavy atom. The first-order chi connectivity index (χ1) is 20.8. The number of nitrogens with one attached hydrogen (secondary N) is 2. The minimum atomic E-state index is -3.83. The van der Waals surface area contributed by atoms with Gasteiger partial charge >= 0.3 is 5.97 Å². The predicted molar refractivity (Wildman–Crippen MR) is 164 cm³/mol. The molecule has 218 valence electrons. The summed E-state index contributed by atoms with van der Waals surface area (Å²) in [6.45, 7) is 0. The third-order valence-electron chi connectivity index (χ3n) is 7.61. The molecule has 3 aromatic carbocycles. The van der Waals surface area contributed by atoms with Gasteiger partial charge in [0.2, 0.25) is 0 Å². The van der Waals surface area contributed by atoms with Gasteiger partial charge in [-0.05, 0) is 79.6 Å². The van der Waals surface area contributed by atoms with Crippen molar-refractivity contribution < 1.29 is 23.1 Å². The fourth-order valence-electron chi connectivity index (χ4n) is 5.46. The monoisotopic (exact) mass is 595 g/mol. The largest absolute Gasteiger partial charge is 0.478 e. The van der Waals surface area contributed by atoms with Crippen LogP contribution in [0.5, 0.6) is 0 Å². The molecule has 0 saturated heterocycles. The maximum absolute atomic E-state index is 13.0. The maximum atomic E-state index is 13.0. The lowest BCUT2D eigenvalue weighted by Gasteiger charge is -2.25. The molecule has 1 aliphatic carbocycles. The van der Waals surface area contributed by atoms with Crippen LogP contribution in [0, 0.1) is 0 Å². The van der Waals surface area contributed by atoms with Crippen LogP contribution in [0.25, 0.3) is 22.4 Å². The molecule has 1 aliphatic rings. The zero-order valence-electron chi connectivity index (χ0n) is 23.1. The molecule has 10 nitrogen and oxygen atoms in total. The number of pyridine rings is 1. The SMILES string of the molecule is O=C(O)c1ccc2c(c1)nc(-c1ccc(C(=O)Nc3ccc(S(=O)(=O)Nc4ccccn4)cc3)cc1)n2C1CCCCC1. The summed E-state index contributed by atoms with van der Waals surface area (Å²) in [5.74, 6) is -0.390. The van der Waals surface area contributed by atoms with Crippen LogP contribution in [-0.2, 0) is 10.0 Å². The van der Waals surface area contributed by atoms with Crippen molar-refractivity contribution in [3.8, 4) is 11.4 Å². The Hall–Kier alpha value is -5.03. The summed E-state index contributed by atoms with van der Waals surface area (Å²) in [6, 6.07) is 23.2. The topological polar surface area (TPSA) is 143 Å². The van der Waals surface area contributed by atoms with Crippen LogP contribution in [0.1, 0.15) is 58.9 Å². The van der Waals surface area contributed by atoms with Crippen LogP contribution in [0.2, 0.25) is 0 Å². The van der Waals surface area contributed by atoms with Gasteiger partial charge in [0.05, 0.1) is 21.5 Å². The number of hydrogen-bond acceptors (Lipinski definition) is 6. The number of carboxylic acids is 1. The van der Waals surface area contributed by atoms with Gasteiger partial charge in [-0.25, -0.2) is 23.2 Å². The molecule has 11 heteroatoms. The van der Waals surface area contributed by atoms with E-state index in [4.69, 9.17) is 4.98 Å². The van der Waals surface area contributed by atoms with Crippen molar-refractivity contribution in [3.05, 3.63) is 102 Å². The molecule has 2 heterocycles. The molecule has 0 aliphatic heterocycles. The number of anilines is 2. The summed E-state index contributed by atoms with van der Waals surface area (Å²) in [7, 11) is -3.83. The number of carbonyl (C=O) groups excluding carboxylic acids is 1. The van der Waals surface area contributed by atoms with Crippen molar-refractivity contribution in [2.24, 2.45) is 0 Å². The molecule has 3 N–H and O–H groups in total. The van der Waals surface area contributed by atoms with Gasteiger partial charge in [0.1, 0.15) is 11.6 Å². The molecule has 1 fully saturated rings. The van der Waals surface area contributed by atoms with Crippen molar-refractivity contribution in [1.82, 2.24) is 14.5 Å². The fourth-order valence-corrected chi connectivity index (χ4v) is 6.46. The summed E-state index contributed by atoms with van der Waals surface area (Å²) in [5, 5.41) is 12.3. The number of hydrogen-bond donors (Lipinski definition) is 3. The zero-order valence-corrected chi connectivity index (χ0v) is 23.9. The van der Waals surface area contributed by atoms with Gasteiger partial charge in [-0.1, -0.05) is 37.5 Å². The lowest BCUT2D eigenvalue weighted by Crippen LogP contribution is -2.15. The van der Waals surface area contributed by atoms with Crippen LogP contribution in [-0.4, -0.2) is 39.9 Å². The van der Waals surface area contributed by atoms with Crippen molar-refractivity contribution in [1.29, 1.82) is 0 Å². The number of nitrogens with zero attached hydrogens (tertiary/aromatic N) is 3. The highest BCUT2D eigenvalue weighted by Crippen LogP contribution is 2.36. The standard InChI is InChI=1S/C32H29N5O5S/c38-31(34-24-14-16-26(17-15-24)43(41,42)36-29-8-4-5-19-33-29)22-11-9-21(10-12-22)30-35-27-20-23(32(39)40)13-18-28(27)37(30)25-6-2-1-3-7-25/h4-5,8-20,25H,1-3,6-7H2,(H,33,36)(H,34,38)(H,39,40). The third kappa shape index (κ3) is 5.98. The van der Waals surface area contributed by atoms with Crippen LogP contribution in [0.15, 0.2) is 96.0 Å². The van der Waals surface area contributed by atoms with E-state index >= 15 is 0 Å². The Balaban J connectivity index is 1.21. The smallest absolute Gasteiger partial charge is 0.335 e. The molecule has 5 aromatic rings. The molecule has 0 radical (unpaired) electrons. The van der Waals surface area contributed by atoms with Gasteiger partial charge in [-0.3, -0.25) is 9.52 Å². The van der Waals surface area contributed by atoms with Gasteiger partial charge in [-0.2, -0.15) is 0 Å². The number of carbonyl (C=O) groups is 2. The second kappa shape index (κ2) is 11.7. The molecular formula is C32H29N5O5S. The second-order valence-corrected chi connectivity index (χ2v) is 12.2. The number of benzene rings is 3. The molecule has 1 saturated carbocycles. The molecule has 0 atom stereocenters. The van der Waals surface area contributed by atoms with E-state index in [-0.39, 0.29) is 28.2 Å². The summed E-state index contributed by atoms with van der Waals surface area (Å²) in [6.07, 6.45) is 7.00. The van der Waals surface area contributed by atoms with Crippen LogP contribution in [0.3, 0.4) is 0 Å². The van der Waals surface area contributed by atoms with E-state index in [1.807, 2.05) is 18.2 Å². The predicted octanol–water partition coefficient (Wildman–Crippen LogP) is 6.35. The number of imidazole rings is 1. The van der Waals surface area contributed by atoms with E-state index in [0.29, 0.717) is 16.8 Å². The van der Waals surface area contributed by atoms with Crippen molar-refractivity contribution in [3.63, 3.8) is 0 Å². The minimum absolute atomic E-state index is 0.0387. The zero-order chi connectivity index (χ0) is 30.0. The summed E-state index contributed by atoms with van der Waals surface area (Å²) >= 11 is 0. The highest BCUT2D eigenvalue weighted by atomic mass is 32.2. The number of aromatic carboxylic acids is 1. The summed E-state index contributed by atoms with van der Waals surface area (Å²) in [5.41, 5.74) is 3.40. The van der Waals surface area contributed by atoms with E-state index < -0.39 is 16.0 Å². The van der Waals surface area contributed by atoms with E-state index in [1.165, 1.54) is 36.9 Å². The van der Waals surface area contributed by atoms with Crippen molar-refractivity contribution in [2.75, 3.05) is 10.0 Å². The Morgan fingerprint density at radius 2 is 1.58 bits per heavy atom. The van der Waals surface area contributed by atoms with Crippen molar-refractivity contribution >= 4 is 44.4 Å². The van der Waals surface area contributed by atoms with Gasteiger partial charge in [0.25, 0.3) is 15.9 Å². The van der Waals surface area contributed by atoms with Crippen LogP contribution >= 0.6 is 0 Å². The number of aromatic nitrogens is 3. The number of carboxylic acid groups (broad SMARTS) is 1. The quantitative estimate of drug-likeness (QED) is 0.190. The molecule has 1 amide bonds. The van der Waals surface area contributed by atoms with E-state index in [0.717, 1.165) is 42.6 Å². The summed E-state index contributed by atoms with van der Waals surface area (Å²) < 4.78 is 30.0. The number of sulfonamides is 1. The Kier molecular flexibility index (Phi) is 7.64. The third-order valence-corrected chi connectivity index (χ3v) is 8.98. The highest BCUT2D eigenvalue weighted by Gasteiger charge is 2.23. The lowest BCUT2D eigenvalue weighted by atomic mass is 9.94. The number of rotatable bonds is 8. The molecular weight excluding hydrogens is 566 g/mol. The van der Waals surface area contributed by atoms with E-state index in [9.17, 15) is 23.1 Å². The van der Waals surface area contributed by atoms with Gasteiger partial charge in [0.15, 0.2) is 0 Å². The molecule has 43 heavy (non-hydrogen) atoms. The number of amides is 1. The second-order valence-electron chi connectivity index (χ2n) is 10.5. The molecule has 0 bridgehead atoms. The highest BCUT2D eigenvalue weighted by molar-refractivity contribution is 7.92. The van der Waals surface area contributed by atoms with E-state index in [1.54, 1.807) is 42.5 Å². The Bertz CT molecular complexity index is 1900. The average Bonchev–Trinajstić information content (AvgIpc) is 3.41. The fraction of sp³-hybridized carbons (Fsp3) is 0.188. The first-order valence-electron chi connectivity index (χ1n) is 14.0. The Morgan fingerprint density at radius 1 is 0.860 bits per heavy atom. The normalized spacial score (nSPS) is 14.0. The average molecular weight is 596 g/mol. The first-order valence-corrected chi connectivity index (χ1v) is 15.5. The maximum Gasteiger partial charge on any atom is 0.335 e. The molecule has 2 aromatic heterocycles. The first kappa shape index (κ1) is 28.1. The Labute approximate surface area is 248 Å². The van der Waals surface area contributed by atoms with Crippen molar-refractivity contribution in [2.45, 2.75) is 43.0 Å². The summed E-state index contributed by atoms with van der Waals surface area (Å²) in [4.78, 5) is 33.4. The van der Waals surface area contributed by atoms with Crippen LogP contribution < -0.4 is 10.0 Å². The van der Waals surface area contributed by atoms with Crippen LogP contribution in [0.4, 0.5) is 11.5 Å². The van der Waals surface area contributed by atoms with Gasteiger partial charge in [-0.15, -0.1) is 0 Å².